The average Bonchev–Trinajstić information content (AvgIpc) is 2.64. The Balaban J connectivity index is 1.81. The van der Waals surface area contributed by atoms with Crippen molar-refractivity contribution in [2.45, 2.75) is 32.9 Å². The Hall–Kier alpha value is -3.35. The molecule has 0 radical (unpaired) electrons. The topological polar surface area (TPSA) is 96.5 Å². The molecule has 3 amide bonds. The lowest BCUT2D eigenvalue weighted by molar-refractivity contribution is -0.120. The van der Waals surface area contributed by atoms with Crippen LogP contribution < -0.4 is 16.0 Å². The van der Waals surface area contributed by atoms with Crippen molar-refractivity contribution in [3.8, 4) is 0 Å². The van der Waals surface area contributed by atoms with Gasteiger partial charge in [0.05, 0.1) is 0 Å². The smallest absolute Gasteiger partial charge is 0.408 e. The first kappa shape index (κ1) is 21.0. The van der Waals surface area contributed by atoms with E-state index in [0.29, 0.717) is 11.3 Å². The standard InChI is InChI=1S/C21H25N3O4/c1-21(2,3)28-20(27)23-14-18(25)22-13-15-8-7-11-17(12-15)24-19(26)16-9-5-4-6-10-16/h4-12H,13-14H2,1-3H3,(H,22,25)(H,23,27)(H,24,26). The lowest BCUT2D eigenvalue weighted by Crippen LogP contribution is -2.39. The highest BCUT2D eigenvalue weighted by Crippen LogP contribution is 2.12. The van der Waals surface area contributed by atoms with E-state index in [9.17, 15) is 14.4 Å². The third-order valence-corrected chi connectivity index (χ3v) is 3.50. The van der Waals surface area contributed by atoms with Gasteiger partial charge < -0.3 is 20.7 Å². The largest absolute Gasteiger partial charge is 0.444 e. The highest BCUT2D eigenvalue weighted by Gasteiger charge is 2.16. The van der Waals surface area contributed by atoms with Gasteiger partial charge in [0.25, 0.3) is 5.91 Å². The average molecular weight is 383 g/mol. The van der Waals surface area contributed by atoms with Crippen molar-refractivity contribution >= 4 is 23.6 Å². The molecule has 0 saturated heterocycles. The molecule has 0 fully saturated rings. The van der Waals surface area contributed by atoms with Crippen LogP contribution >= 0.6 is 0 Å². The van der Waals surface area contributed by atoms with E-state index in [0.717, 1.165) is 5.56 Å². The number of ether oxygens (including phenoxy) is 1. The Morgan fingerprint density at radius 2 is 1.64 bits per heavy atom. The molecule has 3 N–H and O–H groups in total. The number of benzene rings is 2. The third kappa shape index (κ3) is 7.49. The fourth-order valence-electron chi connectivity index (χ4n) is 2.28. The molecule has 0 saturated carbocycles. The van der Waals surface area contributed by atoms with Gasteiger partial charge >= 0.3 is 6.09 Å². The molecule has 0 atom stereocenters. The van der Waals surface area contributed by atoms with E-state index in [-0.39, 0.29) is 24.9 Å². The summed E-state index contributed by atoms with van der Waals surface area (Å²) >= 11 is 0. The number of hydrogen-bond acceptors (Lipinski definition) is 4. The molecule has 0 aromatic heterocycles. The molecule has 148 valence electrons. The van der Waals surface area contributed by atoms with Crippen molar-refractivity contribution in [3.63, 3.8) is 0 Å². The van der Waals surface area contributed by atoms with E-state index in [1.54, 1.807) is 63.2 Å². The Bertz CT molecular complexity index is 829. The van der Waals surface area contributed by atoms with Crippen molar-refractivity contribution in [3.05, 3.63) is 65.7 Å². The van der Waals surface area contributed by atoms with Crippen molar-refractivity contribution < 1.29 is 19.1 Å². The maximum absolute atomic E-state index is 12.2. The minimum absolute atomic E-state index is 0.181. The molecule has 2 aromatic carbocycles. The van der Waals surface area contributed by atoms with Gasteiger partial charge in [0.1, 0.15) is 12.1 Å². The number of amides is 3. The van der Waals surface area contributed by atoms with Gasteiger partial charge in [-0.25, -0.2) is 4.79 Å². The number of carbonyl (C=O) groups excluding carboxylic acids is 3. The van der Waals surface area contributed by atoms with Gasteiger partial charge in [-0.1, -0.05) is 30.3 Å². The summed E-state index contributed by atoms with van der Waals surface area (Å²) in [6.45, 7) is 5.33. The van der Waals surface area contributed by atoms with Crippen LogP contribution in [0.25, 0.3) is 0 Å². The maximum atomic E-state index is 12.2. The molecule has 0 aliphatic heterocycles. The van der Waals surface area contributed by atoms with Gasteiger partial charge in [-0.2, -0.15) is 0 Å². The van der Waals surface area contributed by atoms with Gasteiger partial charge in [-0.15, -0.1) is 0 Å². The van der Waals surface area contributed by atoms with Gasteiger partial charge in [0.15, 0.2) is 0 Å². The second kappa shape index (κ2) is 9.55. The zero-order valence-corrected chi connectivity index (χ0v) is 16.2. The number of carbonyl (C=O) groups is 3. The molecule has 0 aliphatic carbocycles. The second-order valence-electron chi connectivity index (χ2n) is 7.15. The fraction of sp³-hybridized carbons (Fsp3) is 0.286. The van der Waals surface area contributed by atoms with Crippen LogP contribution in [0, 0.1) is 0 Å². The van der Waals surface area contributed by atoms with Crippen molar-refractivity contribution in [2.75, 3.05) is 11.9 Å². The van der Waals surface area contributed by atoms with Crippen LogP contribution in [-0.2, 0) is 16.1 Å². The van der Waals surface area contributed by atoms with Crippen LogP contribution in [-0.4, -0.2) is 30.1 Å². The summed E-state index contributed by atoms with van der Waals surface area (Å²) in [6, 6.07) is 16.1. The van der Waals surface area contributed by atoms with E-state index >= 15 is 0 Å². The molecule has 28 heavy (non-hydrogen) atoms. The quantitative estimate of drug-likeness (QED) is 0.714. The molecule has 7 nitrogen and oxygen atoms in total. The predicted octanol–water partition coefficient (Wildman–Crippen LogP) is 3.08. The highest BCUT2D eigenvalue weighted by atomic mass is 16.6. The number of nitrogens with one attached hydrogen (secondary N) is 3. The van der Waals surface area contributed by atoms with Crippen molar-refractivity contribution in [2.24, 2.45) is 0 Å². The zero-order valence-electron chi connectivity index (χ0n) is 16.2. The minimum atomic E-state index is -0.645. The Kier molecular flexibility index (Phi) is 7.14. The van der Waals surface area contributed by atoms with Crippen LogP contribution in [0.4, 0.5) is 10.5 Å². The van der Waals surface area contributed by atoms with E-state index in [2.05, 4.69) is 16.0 Å². The normalized spacial score (nSPS) is 10.7. The monoisotopic (exact) mass is 383 g/mol. The van der Waals surface area contributed by atoms with Crippen LogP contribution in [0.2, 0.25) is 0 Å². The summed E-state index contributed by atoms with van der Waals surface area (Å²) in [5.41, 5.74) is 1.39. The van der Waals surface area contributed by atoms with Crippen LogP contribution in [0.1, 0.15) is 36.7 Å². The number of hydrogen-bond donors (Lipinski definition) is 3. The molecule has 0 spiro atoms. The van der Waals surface area contributed by atoms with Crippen LogP contribution in [0.5, 0.6) is 0 Å². The first-order valence-electron chi connectivity index (χ1n) is 8.92. The molecule has 2 aromatic rings. The van der Waals surface area contributed by atoms with E-state index in [4.69, 9.17) is 4.74 Å². The third-order valence-electron chi connectivity index (χ3n) is 3.50. The van der Waals surface area contributed by atoms with E-state index < -0.39 is 11.7 Å². The lowest BCUT2D eigenvalue weighted by Gasteiger charge is -2.19. The molecule has 0 aliphatic rings. The highest BCUT2D eigenvalue weighted by molar-refractivity contribution is 6.04. The number of alkyl carbamates (subject to hydrolysis) is 1. The first-order valence-corrected chi connectivity index (χ1v) is 8.92. The maximum Gasteiger partial charge on any atom is 0.408 e. The molecule has 0 bridgehead atoms. The molecule has 0 heterocycles. The molecular formula is C21H25N3O4. The SMILES string of the molecule is CC(C)(C)OC(=O)NCC(=O)NCc1cccc(NC(=O)c2ccccc2)c1. The van der Waals surface area contributed by atoms with E-state index in [1.165, 1.54) is 0 Å². The fourth-order valence-corrected chi connectivity index (χ4v) is 2.28. The lowest BCUT2D eigenvalue weighted by atomic mass is 10.1. The Labute approximate surface area is 164 Å². The van der Waals surface area contributed by atoms with Gasteiger partial charge in [-0.3, -0.25) is 9.59 Å². The summed E-state index contributed by atoms with van der Waals surface area (Å²) in [5, 5.41) is 7.93. The Morgan fingerprint density at radius 3 is 2.32 bits per heavy atom. The first-order chi connectivity index (χ1) is 13.2. The van der Waals surface area contributed by atoms with Gasteiger partial charge in [0.2, 0.25) is 5.91 Å². The molecule has 7 heteroatoms. The summed E-state index contributed by atoms with van der Waals surface area (Å²) in [7, 11) is 0. The number of rotatable bonds is 6. The number of anilines is 1. The van der Waals surface area contributed by atoms with Crippen molar-refractivity contribution in [1.82, 2.24) is 10.6 Å². The predicted molar refractivity (Wildman–Crippen MR) is 107 cm³/mol. The van der Waals surface area contributed by atoms with Crippen LogP contribution in [0.3, 0.4) is 0 Å². The summed E-state index contributed by atoms with van der Waals surface area (Å²) in [5.74, 6) is -0.548. The van der Waals surface area contributed by atoms with Gasteiger partial charge in [-0.05, 0) is 50.6 Å². The van der Waals surface area contributed by atoms with Crippen LogP contribution in [0.15, 0.2) is 54.6 Å². The summed E-state index contributed by atoms with van der Waals surface area (Å²) in [6.07, 6.45) is -0.645. The molecule has 2 rings (SSSR count). The van der Waals surface area contributed by atoms with Gasteiger partial charge in [0, 0.05) is 17.8 Å². The second-order valence-corrected chi connectivity index (χ2v) is 7.15. The summed E-state index contributed by atoms with van der Waals surface area (Å²) in [4.78, 5) is 35.6. The molecule has 0 unspecified atom stereocenters. The summed E-state index contributed by atoms with van der Waals surface area (Å²) < 4.78 is 5.07. The molecular weight excluding hydrogens is 358 g/mol. The van der Waals surface area contributed by atoms with E-state index in [1.807, 2.05) is 12.1 Å². The zero-order chi connectivity index (χ0) is 20.6. The van der Waals surface area contributed by atoms with Crippen molar-refractivity contribution in [1.29, 1.82) is 0 Å². The minimum Gasteiger partial charge on any atom is -0.444 e. The Morgan fingerprint density at radius 1 is 0.929 bits per heavy atom.